The SMILES string of the molecule is CC(NS(C)(=O)=O)(c1ccccc1)c1ccccc1. The van der Waals surface area contributed by atoms with Crippen molar-refractivity contribution in [3.05, 3.63) is 71.8 Å². The van der Waals surface area contributed by atoms with Gasteiger partial charge in [0.1, 0.15) is 0 Å². The lowest BCUT2D eigenvalue weighted by Gasteiger charge is -2.31. The first-order valence-electron chi connectivity index (χ1n) is 6.02. The van der Waals surface area contributed by atoms with Crippen LogP contribution in [0, 0.1) is 0 Å². The van der Waals surface area contributed by atoms with E-state index in [-0.39, 0.29) is 0 Å². The summed E-state index contributed by atoms with van der Waals surface area (Å²) < 4.78 is 26.1. The van der Waals surface area contributed by atoms with E-state index in [4.69, 9.17) is 0 Å². The fourth-order valence-electron chi connectivity index (χ4n) is 2.20. The van der Waals surface area contributed by atoms with E-state index in [1.807, 2.05) is 67.6 Å². The van der Waals surface area contributed by atoms with E-state index >= 15 is 0 Å². The van der Waals surface area contributed by atoms with Gasteiger partial charge in [0.25, 0.3) is 0 Å². The third-order valence-electron chi connectivity index (χ3n) is 3.09. The summed E-state index contributed by atoms with van der Waals surface area (Å²) in [5.41, 5.74) is 1.05. The summed E-state index contributed by atoms with van der Waals surface area (Å²) in [6, 6.07) is 19.1. The quantitative estimate of drug-likeness (QED) is 0.932. The Morgan fingerprint density at radius 1 is 0.842 bits per heavy atom. The maximum atomic E-state index is 11.7. The molecule has 0 spiro atoms. The number of nitrogens with one attached hydrogen (secondary N) is 1. The molecule has 0 atom stereocenters. The summed E-state index contributed by atoms with van der Waals surface area (Å²) in [6.45, 7) is 1.87. The van der Waals surface area contributed by atoms with Gasteiger partial charge in [-0.05, 0) is 18.1 Å². The van der Waals surface area contributed by atoms with Crippen LogP contribution in [0.25, 0.3) is 0 Å². The fraction of sp³-hybridized carbons (Fsp3) is 0.200. The minimum absolute atomic E-state index is 0.768. The first-order chi connectivity index (χ1) is 8.92. The molecule has 0 saturated carbocycles. The average Bonchev–Trinajstić information content (AvgIpc) is 2.39. The van der Waals surface area contributed by atoms with E-state index in [9.17, 15) is 8.42 Å². The highest BCUT2D eigenvalue weighted by Crippen LogP contribution is 2.29. The molecule has 2 rings (SSSR count). The van der Waals surface area contributed by atoms with Crippen LogP contribution in [0.1, 0.15) is 18.1 Å². The van der Waals surface area contributed by atoms with Gasteiger partial charge in [-0.15, -0.1) is 0 Å². The molecule has 100 valence electrons. The molecule has 0 radical (unpaired) electrons. The van der Waals surface area contributed by atoms with Crippen LogP contribution in [0.5, 0.6) is 0 Å². The molecular formula is C15H17NO2S. The largest absolute Gasteiger partial charge is 0.213 e. The Hall–Kier alpha value is -1.65. The summed E-state index contributed by atoms with van der Waals surface area (Å²) in [7, 11) is -3.33. The maximum absolute atomic E-state index is 11.7. The molecule has 0 saturated heterocycles. The van der Waals surface area contributed by atoms with Crippen molar-refractivity contribution in [2.24, 2.45) is 0 Å². The summed E-state index contributed by atoms with van der Waals surface area (Å²) in [6.07, 6.45) is 1.18. The lowest BCUT2D eigenvalue weighted by atomic mass is 9.86. The van der Waals surface area contributed by atoms with Gasteiger partial charge in [-0.3, -0.25) is 0 Å². The molecule has 0 amide bonds. The Morgan fingerprint density at radius 3 is 1.53 bits per heavy atom. The molecule has 0 aliphatic heterocycles. The van der Waals surface area contributed by atoms with E-state index < -0.39 is 15.6 Å². The molecule has 3 nitrogen and oxygen atoms in total. The lowest BCUT2D eigenvalue weighted by Crippen LogP contribution is -2.43. The highest BCUT2D eigenvalue weighted by molar-refractivity contribution is 7.88. The molecule has 0 aromatic heterocycles. The predicted molar refractivity (Wildman–Crippen MR) is 77.3 cm³/mol. The van der Waals surface area contributed by atoms with Crippen LogP contribution >= 0.6 is 0 Å². The van der Waals surface area contributed by atoms with Crippen molar-refractivity contribution < 1.29 is 8.42 Å². The van der Waals surface area contributed by atoms with Crippen molar-refractivity contribution in [2.45, 2.75) is 12.5 Å². The van der Waals surface area contributed by atoms with Crippen LogP contribution in [-0.4, -0.2) is 14.7 Å². The van der Waals surface area contributed by atoms with E-state index in [1.54, 1.807) is 0 Å². The van der Waals surface area contributed by atoms with Crippen molar-refractivity contribution in [2.75, 3.05) is 6.26 Å². The van der Waals surface area contributed by atoms with E-state index in [0.717, 1.165) is 11.1 Å². The van der Waals surface area contributed by atoms with Crippen molar-refractivity contribution in [1.82, 2.24) is 4.72 Å². The molecule has 0 unspecified atom stereocenters. The van der Waals surface area contributed by atoms with Gasteiger partial charge in [-0.2, -0.15) is 0 Å². The number of hydrogen-bond donors (Lipinski definition) is 1. The summed E-state index contributed by atoms with van der Waals surface area (Å²) >= 11 is 0. The van der Waals surface area contributed by atoms with Crippen LogP contribution in [0.2, 0.25) is 0 Å². The van der Waals surface area contributed by atoms with E-state index in [1.165, 1.54) is 6.26 Å². The molecule has 0 bridgehead atoms. The molecule has 2 aromatic carbocycles. The molecule has 0 aliphatic carbocycles. The second-order valence-electron chi connectivity index (χ2n) is 4.73. The number of rotatable bonds is 4. The Morgan fingerprint density at radius 2 is 1.21 bits per heavy atom. The summed E-state index contributed by atoms with van der Waals surface area (Å²) in [5, 5.41) is 0. The van der Waals surface area contributed by atoms with Gasteiger partial charge < -0.3 is 0 Å². The molecule has 0 aliphatic rings. The third kappa shape index (κ3) is 3.22. The van der Waals surface area contributed by atoms with Crippen LogP contribution < -0.4 is 4.72 Å². The first kappa shape index (κ1) is 13.8. The van der Waals surface area contributed by atoms with Crippen molar-refractivity contribution in [1.29, 1.82) is 0 Å². The van der Waals surface area contributed by atoms with E-state index in [0.29, 0.717) is 0 Å². The minimum atomic E-state index is -3.33. The summed E-state index contributed by atoms with van der Waals surface area (Å²) in [5.74, 6) is 0. The highest BCUT2D eigenvalue weighted by atomic mass is 32.2. The van der Waals surface area contributed by atoms with Gasteiger partial charge in [0.15, 0.2) is 0 Å². The third-order valence-corrected chi connectivity index (χ3v) is 3.87. The molecule has 2 aromatic rings. The van der Waals surface area contributed by atoms with Gasteiger partial charge in [-0.1, -0.05) is 60.7 Å². The zero-order valence-corrected chi connectivity index (χ0v) is 11.8. The zero-order valence-electron chi connectivity index (χ0n) is 11.0. The maximum Gasteiger partial charge on any atom is 0.209 e. The predicted octanol–water partition coefficient (Wildman–Crippen LogP) is 2.50. The average molecular weight is 275 g/mol. The normalized spacial score (nSPS) is 12.3. The Labute approximate surface area is 114 Å². The standard InChI is InChI=1S/C15H17NO2S/c1-15(16-19(2,17)18,13-9-5-3-6-10-13)14-11-7-4-8-12-14/h3-12,16H,1-2H3. The number of benzene rings is 2. The molecule has 0 heterocycles. The smallest absolute Gasteiger partial charge is 0.209 e. The minimum Gasteiger partial charge on any atom is -0.213 e. The topological polar surface area (TPSA) is 46.2 Å². The van der Waals surface area contributed by atoms with Crippen molar-refractivity contribution in [3.63, 3.8) is 0 Å². The van der Waals surface area contributed by atoms with Crippen LogP contribution in [0.4, 0.5) is 0 Å². The van der Waals surface area contributed by atoms with Crippen LogP contribution in [-0.2, 0) is 15.6 Å². The lowest BCUT2D eigenvalue weighted by molar-refractivity contribution is 0.506. The monoisotopic (exact) mass is 275 g/mol. The van der Waals surface area contributed by atoms with Gasteiger partial charge in [-0.25, -0.2) is 13.1 Å². The van der Waals surface area contributed by atoms with Gasteiger partial charge in [0.2, 0.25) is 10.0 Å². The highest BCUT2D eigenvalue weighted by Gasteiger charge is 2.31. The molecule has 0 fully saturated rings. The number of sulfonamides is 1. The summed E-state index contributed by atoms with van der Waals surface area (Å²) in [4.78, 5) is 0. The molecule has 1 N–H and O–H groups in total. The van der Waals surface area contributed by atoms with Crippen LogP contribution in [0.15, 0.2) is 60.7 Å². The van der Waals surface area contributed by atoms with Gasteiger partial charge in [0, 0.05) is 0 Å². The molecule has 4 heteroatoms. The second-order valence-corrected chi connectivity index (χ2v) is 6.48. The van der Waals surface area contributed by atoms with E-state index in [2.05, 4.69) is 4.72 Å². The van der Waals surface area contributed by atoms with Gasteiger partial charge >= 0.3 is 0 Å². The Kier molecular flexibility index (Phi) is 3.73. The zero-order chi connectivity index (χ0) is 13.9. The van der Waals surface area contributed by atoms with Gasteiger partial charge in [0.05, 0.1) is 11.8 Å². The first-order valence-corrected chi connectivity index (χ1v) is 7.91. The van der Waals surface area contributed by atoms with Crippen LogP contribution in [0.3, 0.4) is 0 Å². The van der Waals surface area contributed by atoms with Crippen molar-refractivity contribution >= 4 is 10.0 Å². The van der Waals surface area contributed by atoms with Crippen molar-refractivity contribution in [3.8, 4) is 0 Å². The Balaban J connectivity index is 2.57. The Bertz CT molecular complexity index is 597. The second kappa shape index (κ2) is 5.15. The fourth-order valence-corrected chi connectivity index (χ4v) is 3.18. The molecular weight excluding hydrogens is 258 g/mol. The number of hydrogen-bond acceptors (Lipinski definition) is 2. The molecule has 19 heavy (non-hydrogen) atoms.